The zero-order valence-corrected chi connectivity index (χ0v) is 11.0. The number of anilines is 1. The standard InChI is InChI=1S/C14H12BrNO/c1-9-3-2-4-10(7-9)14(17)12-6-5-11(15)8-13(12)16/h2-8H,16H2,1H3. The van der Waals surface area contributed by atoms with Crippen LogP contribution in [0, 0.1) is 6.92 Å². The normalized spacial score (nSPS) is 10.2. The smallest absolute Gasteiger partial charge is 0.195 e. The van der Waals surface area contributed by atoms with E-state index >= 15 is 0 Å². The van der Waals surface area contributed by atoms with Gasteiger partial charge >= 0.3 is 0 Å². The first-order chi connectivity index (χ1) is 8.08. The molecule has 0 unspecified atom stereocenters. The summed E-state index contributed by atoms with van der Waals surface area (Å²) in [6, 6.07) is 12.8. The van der Waals surface area contributed by atoms with Crippen LogP contribution >= 0.6 is 15.9 Å². The highest BCUT2D eigenvalue weighted by molar-refractivity contribution is 9.10. The number of ketones is 1. The lowest BCUT2D eigenvalue weighted by atomic mass is 10.0. The van der Waals surface area contributed by atoms with E-state index in [4.69, 9.17) is 5.73 Å². The minimum Gasteiger partial charge on any atom is -0.398 e. The highest BCUT2D eigenvalue weighted by Gasteiger charge is 2.12. The van der Waals surface area contributed by atoms with Crippen LogP contribution in [0.25, 0.3) is 0 Å². The maximum Gasteiger partial charge on any atom is 0.195 e. The average Bonchev–Trinajstić information content (AvgIpc) is 2.28. The van der Waals surface area contributed by atoms with Gasteiger partial charge in [0.2, 0.25) is 0 Å². The van der Waals surface area contributed by atoms with Crippen LogP contribution in [0.1, 0.15) is 21.5 Å². The lowest BCUT2D eigenvalue weighted by molar-refractivity contribution is 0.103. The van der Waals surface area contributed by atoms with Crippen molar-refractivity contribution < 1.29 is 4.79 Å². The molecule has 0 saturated heterocycles. The molecule has 2 N–H and O–H groups in total. The van der Waals surface area contributed by atoms with E-state index in [1.165, 1.54) is 0 Å². The molecular formula is C14H12BrNO. The highest BCUT2D eigenvalue weighted by Crippen LogP contribution is 2.21. The molecule has 0 saturated carbocycles. The highest BCUT2D eigenvalue weighted by atomic mass is 79.9. The maximum absolute atomic E-state index is 12.2. The molecule has 3 heteroatoms. The van der Waals surface area contributed by atoms with Gasteiger partial charge in [-0.1, -0.05) is 39.7 Å². The van der Waals surface area contributed by atoms with Crippen LogP contribution in [0.5, 0.6) is 0 Å². The maximum atomic E-state index is 12.2. The summed E-state index contributed by atoms with van der Waals surface area (Å²) in [5.41, 5.74) is 8.61. The largest absolute Gasteiger partial charge is 0.398 e. The first-order valence-electron chi connectivity index (χ1n) is 5.24. The van der Waals surface area contributed by atoms with Crippen LogP contribution in [0.3, 0.4) is 0 Å². The van der Waals surface area contributed by atoms with Gasteiger partial charge in [0.05, 0.1) is 0 Å². The second-order valence-electron chi connectivity index (χ2n) is 3.93. The number of nitrogen functional groups attached to an aromatic ring is 1. The van der Waals surface area contributed by atoms with Crippen LogP contribution in [-0.4, -0.2) is 5.78 Å². The molecule has 0 spiro atoms. The predicted molar refractivity (Wildman–Crippen MR) is 73.2 cm³/mol. The van der Waals surface area contributed by atoms with Crippen LogP contribution in [-0.2, 0) is 0 Å². The fourth-order valence-corrected chi connectivity index (χ4v) is 2.06. The molecule has 86 valence electrons. The summed E-state index contributed by atoms with van der Waals surface area (Å²) < 4.78 is 0.871. The molecule has 0 aliphatic carbocycles. The lowest BCUT2D eigenvalue weighted by Crippen LogP contribution is -2.05. The third-order valence-corrected chi connectivity index (χ3v) is 3.03. The van der Waals surface area contributed by atoms with Gasteiger partial charge in [-0.15, -0.1) is 0 Å². The molecule has 0 heterocycles. The molecule has 2 rings (SSSR count). The molecule has 0 aliphatic rings. The second-order valence-corrected chi connectivity index (χ2v) is 4.85. The molecule has 0 radical (unpaired) electrons. The summed E-state index contributed by atoms with van der Waals surface area (Å²) in [6.07, 6.45) is 0. The van der Waals surface area contributed by atoms with Crippen molar-refractivity contribution in [1.82, 2.24) is 0 Å². The summed E-state index contributed by atoms with van der Waals surface area (Å²) >= 11 is 3.32. The van der Waals surface area contributed by atoms with E-state index in [0.717, 1.165) is 10.0 Å². The molecule has 2 nitrogen and oxygen atoms in total. The molecule has 0 amide bonds. The van der Waals surface area contributed by atoms with E-state index in [0.29, 0.717) is 16.8 Å². The number of benzene rings is 2. The Labute approximate surface area is 109 Å². The fraction of sp³-hybridized carbons (Fsp3) is 0.0714. The van der Waals surface area contributed by atoms with Gasteiger partial charge in [0.15, 0.2) is 5.78 Å². The summed E-state index contributed by atoms with van der Waals surface area (Å²) in [6.45, 7) is 1.96. The van der Waals surface area contributed by atoms with E-state index in [9.17, 15) is 4.79 Å². The van der Waals surface area contributed by atoms with Gasteiger partial charge in [0.1, 0.15) is 0 Å². The monoisotopic (exact) mass is 289 g/mol. The Hall–Kier alpha value is -1.61. The Bertz CT molecular complexity index is 578. The number of hydrogen-bond donors (Lipinski definition) is 1. The van der Waals surface area contributed by atoms with Gasteiger partial charge in [0, 0.05) is 21.3 Å². The molecule has 0 fully saturated rings. The minimum absolute atomic E-state index is 0.0429. The van der Waals surface area contributed by atoms with Crippen molar-refractivity contribution in [2.24, 2.45) is 0 Å². The number of carbonyl (C=O) groups excluding carboxylic acids is 1. The summed E-state index contributed by atoms with van der Waals surface area (Å²) in [7, 11) is 0. The van der Waals surface area contributed by atoms with Gasteiger partial charge in [-0.2, -0.15) is 0 Å². The van der Waals surface area contributed by atoms with E-state index in [1.54, 1.807) is 18.2 Å². The molecule has 17 heavy (non-hydrogen) atoms. The quantitative estimate of drug-likeness (QED) is 0.678. The summed E-state index contributed by atoms with van der Waals surface area (Å²) in [5.74, 6) is -0.0429. The van der Waals surface area contributed by atoms with Crippen molar-refractivity contribution in [3.05, 3.63) is 63.6 Å². The van der Waals surface area contributed by atoms with Crippen molar-refractivity contribution in [3.63, 3.8) is 0 Å². The van der Waals surface area contributed by atoms with Gasteiger partial charge in [-0.05, 0) is 31.2 Å². The van der Waals surface area contributed by atoms with Gasteiger partial charge in [-0.25, -0.2) is 0 Å². The van der Waals surface area contributed by atoms with E-state index < -0.39 is 0 Å². The van der Waals surface area contributed by atoms with Crippen molar-refractivity contribution in [3.8, 4) is 0 Å². The topological polar surface area (TPSA) is 43.1 Å². The van der Waals surface area contributed by atoms with Crippen molar-refractivity contribution in [2.45, 2.75) is 6.92 Å². The third-order valence-electron chi connectivity index (χ3n) is 2.54. The Morgan fingerprint density at radius 3 is 2.59 bits per heavy atom. The lowest BCUT2D eigenvalue weighted by Gasteiger charge is -2.06. The number of carbonyl (C=O) groups is 1. The minimum atomic E-state index is -0.0429. The molecule has 2 aromatic rings. The van der Waals surface area contributed by atoms with Crippen LogP contribution in [0.4, 0.5) is 5.69 Å². The SMILES string of the molecule is Cc1cccc(C(=O)c2ccc(Br)cc2N)c1. The zero-order chi connectivity index (χ0) is 12.4. The number of hydrogen-bond acceptors (Lipinski definition) is 2. The van der Waals surface area contributed by atoms with Crippen LogP contribution < -0.4 is 5.73 Å². The van der Waals surface area contributed by atoms with Gasteiger partial charge < -0.3 is 5.73 Å². The Kier molecular flexibility index (Phi) is 3.29. The Morgan fingerprint density at radius 2 is 1.94 bits per heavy atom. The Balaban J connectivity index is 2.44. The number of rotatable bonds is 2. The van der Waals surface area contributed by atoms with E-state index in [2.05, 4.69) is 15.9 Å². The van der Waals surface area contributed by atoms with E-state index in [-0.39, 0.29) is 5.78 Å². The first-order valence-corrected chi connectivity index (χ1v) is 6.03. The first kappa shape index (κ1) is 11.9. The van der Waals surface area contributed by atoms with E-state index in [1.807, 2.05) is 31.2 Å². The molecule has 0 aliphatic heterocycles. The van der Waals surface area contributed by atoms with Gasteiger partial charge in [0.25, 0.3) is 0 Å². The van der Waals surface area contributed by atoms with Crippen molar-refractivity contribution >= 4 is 27.4 Å². The molecule has 2 aromatic carbocycles. The summed E-state index contributed by atoms with van der Waals surface area (Å²) in [5, 5.41) is 0. The second kappa shape index (κ2) is 4.72. The summed E-state index contributed by atoms with van der Waals surface area (Å²) in [4.78, 5) is 12.2. The Morgan fingerprint density at radius 1 is 1.18 bits per heavy atom. The third kappa shape index (κ3) is 2.56. The number of aryl methyl sites for hydroxylation is 1. The zero-order valence-electron chi connectivity index (χ0n) is 9.41. The number of nitrogens with two attached hydrogens (primary N) is 1. The molecular weight excluding hydrogens is 278 g/mol. The fourth-order valence-electron chi connectivity index (χ4n) is 1.68. The van der Waals surface area contributed by atoms with Crippen molar-refractivity contribution in [2.75, 3.05) is 5.73 Å². The number of halogens is 1. The molecule has 0 aromatic heterocycles. The van der Waals surface area contributed by atoms with Crippen LogP contribution in [0.2, 0.25) is 0 Å². The molecule has 0 bridgehead atoms. The van der Waals surface area contributed by atoms with Crippen molar-refractivity contribution in [1.29, 1.82) is 0 Å². The average molecular weight is 290 g/mol. The van der Waals surface area contributed by atoms with Gasteiger partial charge in [-0.3, -0.25) is 4.79 Å². The molecule has 0 atom stereocenters. The van der Waals surface area contributed by atoms with Crippen LogP contribution in [0.15, 0.2) is 46.9 Å². The predicted octanol–water partition coefficient (Wildman–Crippen LogP) is 3.57.